The van der Waals surface area contributed by atoms with Crippen LogP contribution in [-0.2, 0) is 16.4 Å². The lowest BCUT2D eigenvalue weighted by atomic mass is 10.1. The molecule has 1 aromatic rings. The van der Waals surface area contributed by atoms with Gasteiger partial charge in [0, 0.05) is 12.6 Å². The molecule has 7 heteroatoms. The van der Waals surface area contributed by atoms with Crippen molar-refractivity contribution in [1.82, 2.24) is 4.90 Å². The van der Waals surface area contributed by atoms with Crippen molar-refractivity contribution in [3.05, 3.63) is 22.7 Å². The van der Waals surface area contributed by atoms with E-state index in [9.17, 15) is 8.42 Å². The lowest BCUT2D eigenvalue weighted by Crippen LogP contribution is -2.32. The maximum Gasteiger partial charge on any atom is 0.179 e. The Labute approximate surface area is 129 Å². The van der Waals surface area contributed by atoms with E-state index in [1.165, 1.54) is 0 Å². The van der Waals surface area contributed by atoms with Crippen molar-refractivity contribution >= 4 is 21.4 Å². The molecule has 0 bridgehead atoms. The monoisotopic (exact) mass is 331 g/mol. The Kier molecular flexibility index (Phi) is 4.03. The van der Waals surface area contributed by atoms with Gasteiger partial charge in [-0.25, -0.2) is 8.42 Å². The number of nitrogens with zero attached hydrogens (tertiary/aromatic N) is 1. The summed E-state index contributed by atoms with van der Waals surface area (Å²) >= 11 is 6.22. The Morgan fingerprint density at radius 2 is 2.10 bits per heavy atom. The van der Waals surface area contributed by atoms with Crippen LogP contribution >= 0.6 is 11.6 Å². The molecule has 0 saturated carbocycles. The lowest BCUT2D eigenvalue weighted by Gasteiger charge is -2.25. The lowest BCUT2D eigenvalue weighted by molar-refractivity contribution is 0.171. The van der Waals surface area contributed by atoms with Crippen molar-refractivity contribution in [2.75, 3.05) is 31.8 Å². The number of ether oxygens (including phenoxy) is 2. The van der Waals surface area contributed by atoms with Gasteiger partial charge in [0.05, 0.1) is 16.5 Å². The van der Waals surface area contributed by atoms with Crippen LogP contribution in [0, 0.1) is 0 Å². The number of rotatable bonds is 3. The normalized spacial score (nSPS) is 23.5. The van der Waals surface area contributed by atoms with Crippen molar-refractivity contribution in [2.45, 2.75) is 19.0 Å². The predicted octanol–water partition coefficient (Wildman–Crippen LogP) is 1.73. The zero-order chi connectivity index (χ0) is 15.0. The van der Waals surface area contributed by atoms with Gasteiger partial charge >= 0.3 is 0 Å². The van der Waals surface area contributed by atoms with E-state index in [1.54, 1.807) is 0 Å². The van der Waals surface area contributed by atoms with Crippen LogP contribution in [0.1, 0.15) is 12.0 Å². The van der Waals surface area contributed by atoms with Crippen LogP contribution < -0.4 is 9.47 Å². The fraction of sp³-hybridized carbons (Fsp3) is 0.571. The first kappa shape index (κ1) is 14.9. The van der Waals surface area contributed by atoms with E-state index in [0.717, 1.165) is 5.56 Å². The quantitative estimate of drug-likeness (QED) is 0.844. The molecular weight excluding hydrogens is 314 g/mol. The molecule has 1 atom stereocenters. The molecule has 0 amide bonds. The van der Waals surface area contributed by atoms with Gasteiger partial charge in [-0.2, -0.15) is 0 Å². The highest BCUT2D eigenvalue weighted by molar-refractivity contribution is 7.91. The molecule has 1 unspecified atom stereocenters. The number of benzene rings is 1. The molecule has 2 aliphatic rings. The molecule has 21 heavy (non-hydrogen) atoms. The third kappa shape index (κ3) is 3.27. The molecule has 2 heterocycles. The molecule has 116 valence electrons. The van der Waals surface area contributed by atoms with E-state index in [2.05, 4.69) is 4.90 Å². The molecule has 0 radical (unpaired) electrons. The molecular formula is C14H18ClNO4S. The average Bonchev–Trinajstić information content (AvgIpc) is 2.79. The van der Waals surface area contributed by atoms with Gasteiger partial charge in [0.15, 0.2) is 21.3 Å². The third-order valence-corrected chi connectivity index (χ3v) is 5.95. The zero-order valence-electron chi connectivity index (χ0n) is 11.8. The molecule has 1 fully saturated rings. The van der Waals surface area contributed by atoms with E-state index in [0.29, 0.717) is 42.7 Å². The maximum absolute atomic E-state index is 11.6. The van der Waals surface area contributed by atoms with Crippen molar-refractivity contribution in [2.24, 2.45) is 0 Å². The van der Waals surface area contributed by atoms with Gasteiger partial charge in [-0.05, 0) is 31.2 Å². The van der Waals surface area contributed by atoms with Crippen LogP contribution in [0.2, 0.25) is 5.02 Å². The summed E-state index contributed by atoms with van der Waals surface area (Å²) in [6, 6.07) is 3.84. The summed E-state index contributed by atoms with van der Waals surface area (Å²) in [4.78, 5) is 2.06. The number of hydrogen-bond donors (Lipinski definition) is 0. The Balaban J connectivity index is 1.74. The van der Waals surface area contributed by atoms with Gasteiger partial charge < -0.3 is 9.47 Å². The summed E-state index contributed by atoms with van der Waals surface area (Å²) in [5, 5.41) is 0.537. The Hall–Kier alpha value is -0.980. The minimum Gasteiger partial charge on any atom is -0.486 e. The fourth-order valence-corrected chi connectivity index (χ4v) is 4.89. The van der Waals surface area contributed by atoms with Crippen molar-refractivity contribution in [1.29, 1.82) is 0 Å². The first-order chi connectivity index (χ1) is 9.94. The molecule has 5 nitrogen and oxygen atoms in total. The Morgan fingerprint density at radius 3 is 2.81 bits per heavy atom. The smallest absolute Gasteiger partial charge is 0.179 e. The molecule has 2 aliphatic heterocycles. The van der Waals surface area contributed by atoms with Gasteiger partial charge in [-0.3, -0.25) is 4.90 Å². The van der Waals surface area contributed by atoms with Crippen LogP contribution in [0.15, 0.2) is 12.1 Å². The summed E-state index contributed by atoms with van der Waals surface area (Å²) in [6.45, 7) is 1.66. The molecule has 0 spiro atoms. The SMILES string of the molecule is CN(Cc1cc(Cl)c2c(c1)OCCO2)C1CCS(=O)(=O)C1. The van der Waals surface area contributed by atoms with Gasteiger partial charge in [0.2, 0.25) is 0 Å². The van der Waals surface area contributed by atoms with E-state index >= 15 is 0 Å². The standard InChI is InChI=1S/C14H18ClNO4S/c1-16(11-2-5-21(17,18)9-11)8-10-6-12(15)14-13(7-10)19-3-4-20-14/h6-7,11H,2-5,8-9H2,1H3. The van der Waals surface area contributed by atoms with Gasteiger partial charge in [-0.1, -0.05) is 11.6 Å². The largest absolute Gasteiger partial charge is 0.486 e. The highest BCUT2D eigenvalue weighted by atomic mass is 35.5. The summed E-state index contributed by atoms with van der Waals surface area (Å²) in [5.41, 5.74) is 0.996. The maximum atomic E-state index is 11.6. The molecule has 0 aromatic heterocycles. The average molecular weight is 332 g/mol. The minimum absolute atomic E-state index is 0.0713. The molecule has 0 aliphatic carbocycles. The van der Waals surface area contributed by atoms with Gasteiger partial charge in [-0.15, -0.1) is 0 Å². The van der Waals surface area contributed by atoms with Gasteiger partial charge in [0.1, 0.15) is 13.2 Å². The first-order valence-corrected chi connectivity index (χ1v) is 9.13. The second-order valence-electron chi connectivity index (χ2n) is 5.57. The third-order valence-electron chi connectivity index (χ3n) is 3.92. The molecule has 0 N–H and O–H groups in total. The summed E-state index contributed by atoms with van der Waals surface area (Å²) < 4.78 is 34.2. The Morgan fingerprint density at radius 1 is 1.33 bits per heavy atom. The number of hydrogen-bond acceptors (Lipinski definition) is 5. The number of sulfone groups is 1. The van der Waals surface area contributed by atoms with Crippen molar-refractivity contribution in [3.8, 4) is 11.5 Å². The topological polar surface area (TPSA) is 55.8 Å². The second-order valence-corrected chi connectivity index (χ2v) is 8.21. The zero-order valence-corrected chi connectivity index (χ0v) is 13.4. The second kappa shape index (κ2) is 5.66. The van der Waals surface area contributed by atoms with Crippen LogP contribution in [0.4, 0.5) is 0 Å². The minimum atomic E-state index is -2.87. The van der Waals surface area contributed by atoms with Gasteiger partial charge in [0.25, 0.3) is 0 Å². The van der Waals surface area contributed by atoms with Crippen LogP contribution in [0.25, 0.3) is 0 Å². The van der Waals surface area contributed by atoms with Crippen molar-refractivity contribution < 1.29 is 17.9 Å². The summed E-state index contributed by atoms with van der Waals surface area (Å²) in [7, 11) is -0.927. The summed E-state index contributed by atoms with van der Waals surface area (Å²) in [6.07, 6.45) is 0.692. The van der Waals surface area contributed by atoms with E-state index in [-0.39, 0.29) is 17.5 Å². The van der Waals surface area contributed by atoms with E-state index in [1.807, 2.05) is 19.2 Å². The van der Waals surface area contributed by atoms with Crippen molar-refractivity contribution in [3.63, 3.8) is 0 Å². The van der Waals surface area contributed by atoms with E-state index < -0.39 is 9.84 Å². The predicted molar refractivity (Wildman–Crippen MR) is 81.0 cm³/mol. The molecule has 1 aromatic carbocycles. The van der Waals surface area contributed by atoms with E-state index in [4.69, 9.17) is 21.1 Å². The fourth-order valence-electron chi connectivity index (χ4n) is 2.80. The molecule has 1 saturated heterocycles. The van der Waals surface area contributed by atoms with Crippen LogP contribution in [0.5, 0.6) is 11.5 Å². The first-order valence-electron chi connectivity index (χ1n) is 6.93. The molecule has 3 rings (SSSR count). The highest BCUT2D eigenvalue weighted by Crippen LogP contribution is 2.38. The summed E-state index contributed by atoms with van der Waals surface area (Å²) in [5.74, 6) is 1.78. The number of halogens is 1. The Bertz CT molecular complexity index is 647. The van der Waals surface area contributed by atoms with Crippen LogP contribution in [-0.4, -0.2) is 51.1 Å². The highest BCUT2D eigenvalue weighted by Gasteiger charge is 2.30. The van der Waals surface area contributed by atoms with Crippen LogP contribution in [0.3, 0.4) is 0 Å². The number of fused-ring (bicyclic) bond motifs is 1.